The van der Waals surface area contributed by atoms with Crippen LogP contribution in [0, 0.1) is 0 Å². The number of likely N-dealkylation sites (tertiary alicyclic amines) is 1. The number of nitrogens with one attached hydrogen (secondary N) is 1. The third-order valence-corrected chi connectivity index (χ3v) is 5.17. The molecule has 0 radical (unpaired) electrons. The molecular formula is C22H24N4O2. The number of hydrogen-bond acceptors (Lipinski definition) is 4. The van der Waals surface area contributed by atoms with Crippen LogP contribution >= 0.6 is 0 Å². The van der Waals surface area contributed by atoms with Gasteiger partial charge in [0.2, 0.25) is 0 Å². The molecule has 1 atom stereocenters. The second-order valence-electron chi connectivity index (χ2n) is 6.87. The fraction of sp³-hybridized carbons (Fsp3) is 0.318. The van der Waals surface area contributed by atoms with Crippen molar-refractivity contribution in [2.45, 2.75) is 32.2 Å². The second-order valence-corrected chi connectivity index (χ2v) is 6.87. The zero-order valence-corrected chi connectivity index (χ0v) is 16.0. The van der Waals surface area contributed by atoms with Crippen molar-refractivity contribution in [1.29, 1.82) is 0 Å². The maximum absolute atomic E-state index is 13.5. The Morgan fingerprint density at radius 3 is 2.86 bits per heavy atom. The molecular weight excluding hydrogens is 352 g/mol. The first-order chi connectivity index (χ1) is 13.8. The minimum Gasteiger partial charge on any atom is -0.493 e. The van der Waals surface area contributed by atoms with E-state index in [2.05, 4.69) is 15.2 Å². The lowest BCUT2D eigenvalue weighted by Gasteiger charge is -2.36. The number of H-pyrrole nitrogens is 1. The predicted molar refractivity (Wildman–Crippen MR) is 107 cm³/mol. The zero-order valence-electron chi connectivity index (χ0n) is 16.0. The van der Waals surface area contributed by atoms with Crippen molar-refractivity contribution in [1.82, 2.24) is 20.1 Å². The number of piperidine rings is 1. The summed E-state index contributed by atoms with van der Waals surface area (Å²) < 4.78 is 5.69. The summed E-state index contributed by atoms with van der Waals surface area (Å²) in [7, 11) is 0. The first-order valence-electron chi connectivity index (χ1n) is 9.76. The van der Waals surface area contributed by atoms with E-state index in [1.165, 1.54) is 0 Å². The normalized spacial score (nSPS) is 16.8. The van der Waals surface area contributed by atoms with Crippen LogP contribution in [0.2, 0.25) is 0 Å². The molecule has 3 heterocycles. The molecule has 0 saturated carbocycles. The number of carbonyl (C=O) groups excluding carboxylic acids is 1. The number of ether oxygens (including phenoxy) is 1. The summed E-state index contributed by atoms with van der Waals surface area (Å²) in [5, 5.41) is 7.43. The van der Waals surface area contributed by atoms with Gasteiger partial charge in [0.05, 0.1) is 30.1 Å². The van der Waals surface area contributed by atoms with Gasteiger partial charge < -0.3 is 9.64 Å². The summed E-state index contributed by atoms with van der Waals surface area (Å²) in [6.45, 7) is 3.18. The van der Waals surface area contributed by atoms with Crippen LogP contribution in [0.5, 0.6) is 5.75 Å². The highest BCUT2D eigenvalue weighted by molar-refractivity contribution is 5.97. The van der Waals surface area contributed by atoms with Crippen LogP contribution in [0.1, 0.15) is 48.3 Å². The number of rotatable bonds is 5. The van der Waals surface area contributed by atoms with E-state index < -0.39 is 0 Å². The number of amides is 1. The van der Waals surface area contributed by atoms with Crippen molar-refractivity contribution in [3.63, 3.8) is 0 Å². The number of aromatic amines is 1. The fourth-order valence-corrected chi connectivity index (χ4v) is 3.87. The van der Waals surface area contributed by atoms with Crippen LogP contribution in [0.25, 0.3) is 11.1 Å². The van der Waals surface area contributed by atoms with E-state index in [9.17, 15) is 4.79 Å². The largest absolute Gasteiger partial charge is 0.493 e. The van der Waals surface area contributed by atoms with E-state index in [0.717, 1.165) is 42.6 Å². The smallest absolute Gasteiger partial charge is 0.258 e. The maximum Gasteiger partial charge on any atom is 0.258 e. The van der Waals surface area contributed by atoms with Crippen molar-refractivity contribution < 1.29 is 9.53 Å². The highest BCUT2D eigenvalue weighted by Gasteiger charge is 2.32. The van der Waals surface area contributed by atoms with Gasteiger partial charge in [0, 0.05) is 24.5 Å². The van der Waals surface area contributed by atoms with Crippen molar-refractivity contribution in [2.24, 2.45) is 0 Å². The third kappa shape index (κ3) is 3.50. The van der Waals surface area contributed by atoms with Gasteiger partial charge >= 0.3 is 0 Å². The monoisotopic (exact) mass is 376 g/mol. The molecule has 1 aliphatic rings. The highest BCUT2D eigenvalue weighted by atomic mass is 16.5. The van der Waals surface area contributed by atoms with Gasteiger partial charge in [-0.2, -0.15) is 5.10 Å². The summed E-state index contributed by atoms with van der Waals surface area (Å²) in [4.78, 5) is 19.5. The average Bonchev–Trinajstić information content (AvgIpc) is 3.24. The Labute approximate surface area is 164 Å². The molecule has 0 bridgehead atoms. The Morgan fingerprint density at radius 1 is 1.21 bits per heavy atom. The molecule has 6 nitrogen and oxygen atoms in total. The Bertz CT molecular complexity index is 938. The van der Waals surface area contributed by atoms with Gasteiger partial charge in [0.1, 0.15) is 5.75 Å². The third-order valence-electron chi connectivity index (χ3n) is 5.17. The molecule has 0 aliphatic carbocycles. The van der Waals surface area contributed by atoms with E-state index in [1.807, 2.05) is 54.4 Å². The second kappa shape index (κ2) is 8.25. The molecule has 1 N–H and O–H groups in total. The van der Waals surface area contributed by atoms with Crippen molar-refractivity contribution in [2.75, 3.05) is 13.2 Å². The van der Waals surface area contributed by atoms with Gasteiger partial charge in [-0.1, -0.05) is 12.1 Å². The first kappa shape index (κ1) is 18.2. The Kier molecular flexibility index (Phi) is 5.37. The zero-order chi connectivity index (χ0) is 19.3. The number of hydrogen-bond donors (Lipinski definition) is 1. The molecule has 6 heteroatoms. The van der Waals surface area contributed by atoms with Crippen LogP contribution in [0.15, 0.2) is 55.0 Å². The topological polar surface area (TPSA) is 71.1 Å². The fourth-order valence-electron chi connectivity index (χ4n) is 3.87. The molecule has 1 saturated heterocycles. The minimum atomic E-state index is -0.0402. The summed E-state index contributed by atoms with van der Waals surface area (Å²) in [6.07, 6.45) is 8.36. The molecule has 3 aromatic rings. The van der Waals surface area contributed by atoms with E-state index in [4.69, 9.17) is 4.74 Å². The molecule has 1 fully saturated rings. The molecule has 1 amide bonds. The lowest BCUT2D eigenvalue weighted by atomic mass is 9.94. The number of para-hydroxylation sites is 1. The van der Waals surface area contributed by atoms with E-state index >= 15 is 0 Å². The lowest BCUT2D eigenvalue weighted by molar-refractivity contribution is 0.0602. The van der Waals surface area contributed by atoms with Crippen LogP contribution in [0.3, 0.4) is 0 Å². The molecule has 2 aromatic heterocycles. The van der Waals surface area contributed by atoms with Crippen LogP contribution in [-0.4, -0.2) is 39.1 Å². The minimum absolute atomic E-state index is 0.00373. The predicted octanol–water partition coefficient (Wildman–Crippen LogP) is 4.24. The molecule has 1 aliphatic heterocycles. The van der Waals surface area contributed by atoms with Crippen molar-refractivity contribution in [3.8, 4) is 16.9 Å². The Morgan fingerprint density at radius 2 is 2.04 bits per heavy atom. The van der Waals surface area contributed by atoms with Crippen LogP contribution < -0.4 is 4.74 Å². The summed E-state index contributed by atoms with van der Waals surface area (Å²) >= 11 is 0. The average molecular weight is 376 g/mol. The summed E-state index contributed by atoms with van der Waals surface area (Å²) in [5.41, 5.74) is 3.66. The number of benzene rings is 1. The standard InChI is InChI=1S/C22H24N4O2/c1-2-28-20-9-4-3-7-17(20)22(27)26-14-6-5-8-19(26)21-18(15-24-25-21)16-10-12-23-13-11-16/h3-4,7,9-13,15,19H,2,5-6,8,14H2,1H3,(H,24,25)/t19-/m1/s1. The molecule has 0 spiro atoms. The quantitative estimate of drug-likeness (QED) is 0.723. The summed E-state index contributed by atoms with van der Waals surface area (Å²) in [6, 6.07) is 11.4. The van der Waals surface area contributed by atoms with Crippen LogP contribution in [-0.2, 0) is 0 Å². The van der Waals surface area contributed by atoms with Crippen molar-refractivity contribution in [3.05, 3.63) is 66.2 Å². The molecule has 0 unspecified atom stereocenters. The van der Waals surface area contributed by atoms with Gasteiger partial charge in [-0.15, -0.1) is 0 Å². The Balaban J connectivity index is 1.69. The SMILES string of the molecule is CCOc1ccccc1C(=O)N1CCCC[C@@H]1c1[nH]ncc1-c1ccncc1. The van der Waals surface area contributed by atoms with Crippen LogP contribution in [0.4, 0.5) is 0 Å². The lowest BCUT2D eigenvalue weighted by Crippen LogP contribution is -2.39. The van der Waals surface area contributed by atoms with E-state index in [1.54, 1.807) is 12.4 Å². The number of aromatic nitrogens is 3. The van der Waals surface area contributed by atoms with Gasteiger partial charge in [-0.25, -0.2) is 0 Å². The van der Waals surface area contributed by atoms with Gasteiger partial charge in [0.25, 0.3) is 5.91 Å². The maximum atomic E-state index is 13.5. The molecule has 144 valence electrons. The molecule has 4 rings (SSSR count). The summed E-state index contributed by atoms with van der Waals surface area (Å²) in [5.74, 6) is 0.641. The Hall–Kier alpha value is -3.15. The van der Waals surface area contributed by atoms with Gasteiger partial charge in [-0.3, -0.25) is 14.9 Å². The highest BCUT2D eigenvalue weighted by Crippen LogP contribution is 2.37. The number of pyridine rings is 1. The van der Waals surface area contributed by atoms with E-state index in [-0.39, 0.29) is 11.9 Å². The molecule has 1 aromatic carbocycles. The molecule has 28 heavy (non-hydrogen) atoms. The van der Waals surface area contributed by atoms with Gasteiger partial charge in [-0.05, 0) is 56.0 Å². The number of carbonyl (C=O) groups is 1. The van der Waals surface area contributed by atoms with Gasteiger partial charge in [0.15, 0.2) is 0 Å². The van der Waals surface area contributed by atoms with Crippen molar-refractivity contribution >= 4 is 5.91 Å². The van der Waals surface area contributed by atoms with E-state index in [0.29, 0.717) is 17.9 Å². The number of nitrogens with zero attached hydrogens (tertiary/aromatic N) is 3. The first-order valence-corrected chi connectivity index (χ1v) is 9.76.